The van der Waals surface area contributed by atoms with Gasteiger partial charge in [-0.05, 0) is 24.1 Å². The average Bonchev–Trinajstić information content (AvgIpc) is 2.36. The summed E-state index contributed by atoms with van der Waals surface area (Å²) < 4.78 is 5.24. The van der Waals surface area contributed by atoms with Crippen molar-refractivity contribution in [2.45, 2.75) is 13.3 Å². The van der Waals surface area contributed by atoms with Crippen molar-refractivity contribution in [3.05, 3.63) is 50.7 Å². The van der Waals surface area contributed by atoms with Crippen LogP contribution in [0.5, 0.6) is 5.75 Å². The van der Waals surface area contributed by atoms with E-state index in [0.717, 1.165) is 12.0 Å². The minimum Gasteiger partial charge on any atom is -0.496 e. The van der Waals surface area contributed by atoms with Crippen molar-refractivity contribution in [3.63, 3.8) is 0 Å². The van der Waals surface area contributed by atoms with E-state index < -0.39 is 11.2 Å². The topological polar surface area (TPSA) is 75.0 Å². The molecule has 0 aliphatic rings. The summed E-state index contributed by atoms with van der Waals surface area (Å²) in [4.78, 5) is 27.3. The molecule has 0 saturated heterocycles. The molecule has 2 aromatic rings. The fraction of sp³-hybridized carbons (Fsp3) is 0.231. The van der Waals surface area contributed by atoms with Gasteiger partial charge in [-0.1, -0.05) is 13.0 Å². The second-order valence-corrected chi connectivity index (χ2v) is 3.89. The van der Waals surface area contributed by atoms with Crippen molar-refractivity contribution >= 4 is 0 Å². The Morgan fingerprint density at radius 2 is 1.94 bits per heavy atom. The number of rotatable bonds is 3. The average molecular weight is 246 g/mol. The van der Waals surface area contributed by atoms with Crippen LogP contribution in [0.4, 0.5) is 0 Å². The summed E-state index contributed by atoms with van der Waals surface area (Å²) in [5.41, 5.74) is 1.31. The van der Waals surface area contributed by atoms with E-state index in [4.69, 9.17) is 4.74 Å². The molecule has 0 aliphatic heterocycles. The number of H-pyrrole nitrogens is 2. The van der Waals surface area contributed by atoms with Crippen LogP contribution in [0, 0.1) is 0 Å². The quantitative estimate of drug-likeness (QED) is 0.857. The van der Waals surface area contributed by atoms with Crippen LogP contribution in [0.15, 0.2) is 33.9 Å². The molecular weight excluding hydrogens is 232 g/mol. The third-order valence-corrected chi connectivity index (χ3v) is 2.72. The number of hydrogen-bond acceptors (Lipinski definition) is 3. The van der Waals surface area contributed by atoms with Gasteiger partial charge < -0.3 is 9.72 Å². The molecule has 1 aromatic carbocycles. The molecular formula is C13H14N2O3. The molecule has 0 radical (unpaired) electrons. The van der Waals surface area contributed by atoms with Crippen LogP contribution in [-0.4, -0.2) is 17.1 Å². The largest absolute Gasteiger partial charge is 0.496 e. The Hall–Kier alpha value is -2.30. The maximum atomic E-state index is 11.3. The highest BCUT2D eigenvalue weighted by Gasteiger charge is 2.08. The SMILES string of the molecule is CCc1ccc(OC)c(-c2cc(=O)[nH]c(=O)[nH]2)c1. The lowest BCUT2D eigenvalue weighted by atomic mass is 10.1. The molecule has 0 saturated carbocycles. The number of aromatic amines is 2. The Morgan fingerprint density at radius 1 is 1.17 bits per heavy atom. The third-order valence-electron chi connectivity index (χ3n) is 2.72. The number of aryl methyl sites for hydroxylation is 1. The van der Waals surface area contributed by atoms with Gasteiger partial charge in [0.25, 0.3) is 5.56 Å². The van der Waals surface area contributed by atoms with Crippen LogP contribution < -0.4 is 16.0 Å². The maximum absolute atomic E-state index is 11.3. The Morgan fingerprint density at radius 3 is 2.56 bits per heavy atom. The predicted molar refractivity (Wildman–Crippen MR) is 69.0 cm³/mol. The van der Waals surface area contributed by atoms with E-state index in [1.807, 2.05) is 25.1 Å². The zero-order chi connectivity index (χ0) is 13.1. The smallest absolute Gasteiger partial charge is 0.326 e. The Balaban J connectivity index is 2.67. The predicted octanol–water partition coefficient (Wildman–Crippen LogP) is 1.30. The van der Waals surface area contributed by atoms with Crippen molar-refractivity contribution in [2.75, 3.05) is 7.11 Å². The first kappa shape index (κ1) is 12.2. The molecule has 94 valence electrons. The van der Waals surface area contributed by atoms with E-state index in [0.29, 0.717) is 17.0 Å². The van der Waals surface area contributed by atoms with Crippen LogP contribution >= 0.6 is 0 Å². The van der Waals surface area contributed by atoms with Gasteiger partial charge in [0.15, 0.2) is 0 Å². The molecule has 0 amide bonds. The molecule has 18 heavy (non-hydrogen) atoms. The number of hydrogen-bond donors (Lipinski definition) is 2. The van der Waals surface area contributed by atoms with Crippen molar-refractivity contribution in [1.29, 1.82) is 0 Å². The van der Waals surface area contributed by atoms with Crippen LogP contribution in [0.25, 0.3) is 11.3 Å². The molecule has 0 atom stereocenters. The molecule has 2 rings (SSSR count). The van der Waals surface area contributed by atoms with Gasteiger partial charge in [0, 0.05) is 11.6 Å². The summed E-state index contributed by atoms with van der Waals surface area (Å²) in [6.45, 7) is 2.03. The van der Waals surface area contributed by atoms with Crippen molar-refractivity contribution < 1.29 is 4.74 Å². The monoisotopic (exact) mass is 246 g/mol. The zero-order valence-corrected chi connectivity index (χ0v) is 10.2. The fourth-order valence-corrected chi connectivity index (χ4v) is 1.80. The standard InChI is InChI=1S/C13H14N2O3/c1-3-8-4-5-11(18-2)9(6-8)10-7-12(16)15-13(17)14-10/h4-7H,3H2,1-2H3,(H2,14,15,16,17). The molecule has 1 aromatic heterocycles. The van der Waals surface area contributed by atoms with Gasteiger partial charge in [-0.15, -0.1) is 0 Å². The van der Waals surface area contributed by atoms with Crippen LogP contribution in [-0.2, 0) is 6.42 Å². The highest BCUT2D eigenvalue weighted by atomic mass is 16.5. The first-order valence-corrected chi connectivity index (χ1v) is 5.65. The Labute approximate surface area is 103 Å². The normalized spacial score (nSPS) is 10.3. The first-order valence-electron chi connectivity index (χ1n) is 5.65. The van der Waals surface area contributed by atoms with E-state index >= 15 is 0 Å². The van der Waals surface area contributed by atoms with Gasteiger partial charge in [0.1, 0.15) is 5.75 Å². The van der Waals surface area contributed by atoms with Crippen molar-refractivity contribution in [2.24, 2.45) is 0 Å². The van der Waals surface area contributed by atoms with Crippen LogP contribution in [0.3, 0.4) is 0 Å². The van der Waals surface area contributed by atoms with Gasteiger partial charge in [0.05, 0.1) is 12.8 Å². The second-order valence-electron chi connectivity index (χ2n) is 3.89. The molecule has 0 spiro atoms. The molecule has 0 fully saturated rings. The van der Waals surface area contributed by atoms with E-state index in [1.54, 1.807) is 7.11 Å². The van der Waals surface area contributed by atoms with Crippen molar-refractivity contribution in [1.82, 2.24) is 9.97 Å². The van der Waals surface area contributed by atoms with Crippen LogP contribution in [0.1, 0.15) is 12.5 Å². The van der Waals surface area contributed by atoms with Gasteiger partial charge in [-0.25, -0.2) is 4.79 Å². The maximum Gasteiger partial charge on any atom is 0.326 e. The van der Waals surface area contributed by atoms with E-state index in [2.05, 4.69) is 9.97 Å². The molecule has 5 nitrogen and oxygen atoms in total. The highest BCUT2D eigenvalue weighted by Crippen LogP contribution is 2.28. The van der Waals surface area contributed by atoms with Gasteiger partial charge >= 0.3 is 5.69 Å². The summed E-state index contributed by atoms with van der Waals surface area (Å²) in [7, 11) is 1.55. The van der Waals surface area contributed by atoms with Gasteiger partial charge in [-0.3, -0.25) is 9.78 Å². The summed E-state index contributed by atoms with van der Waals surface area (Å²) in [6, 6.07) is 7.03. The number of ether oxygens (including phenoxy) is 1. The van der Waals surface area contributed by atoms with Gasteiger partial charge in [0.2, 0.25) is 0 Å². The summed E-state index contributed by atoms with van der Waals surface area (Å²) in [5, 5.41) is 0. The van der Waals surface area contributed by atoms with Gasteiger partial charge in [-0.2, -0.15) is 0 Å². The number of benzene rings is 1. The highest BCUT2D eigenvalue weighted by molar-refractivity contribution is 5.67. The minimum atomic E-state index is -0.526. The zero-order valence-electron chi connectivity index (χ0n) is 10.2. The van der Waals surface area contributed by atoms with Crippen LogP contribution in [0.2, 0.25) is 0 Å². The summed E-state index contributed by atoms with van der Waals surface area (Å²) >= 11 is 0. The third kappa shape index (κ3) is 2.34. The molecule has 2 N–H and O–H groups in total. The van der Waals surface area contributed by atoms with E-state index in [9.17, 15) is 9.59 Å². The van der Waals surface area contributed by atoms with Crippen molar-refractivity contribution in [3.8, 4) is 17.0 Å². The molecule has 5 heteroatoms. The summed E-state index contributed by atoms with van der Waals surface area (Å²) in [5.74, 6) is 0.619. The first-order chi connectivity index (χ1) is 8.63. The van der Waals surface area contributed by atoms with E-state index in [-0.39, 0.29) is 0 Å². The number of nitrogens with one attached hydrogen (secondary N) is 2. The number of aromatic nitrogens is 2. The van der Waals surface area contributed by atoms with E-state index in [1.165, 1.54) is 6.07 Å². The lowest BCUT2D eigenvalue weighted by Crippen LogP contribution is -2.21. The minimum absolute atomic E-state index is 0.433. The number of methoxy groups -OCH3 is 1. The molecule has 0 bridgehead atoms. The fourth-order valence-electron chi connectivity index (χ4n) is 1.80. The Kier molecular flexibility index (Phi) is 3.32. The lowest BCUT2D eigenvalue weighted by molar-refractivity contribution is 0.416. The Bertz CT molecular complexity index is 642. The second kappa shape index (κ2) is 4.91. The molecule has 0 unspecified atom stereocenters. The summed E-state index contributed by atoms with van der Waals surface area (Å²) in [6.07, 6.45) is 0.865. The lowest BCUT2D eigenvalue weighted by Gasteiger charge is -2.09. The molecule has 0 aliphatic carbocycles. The molecule has 1 heterocycles.